The van der Waals surface area contributed by atoms with Crippen LogP contribution in [0.1, 0.15) is 33.0 Å². The van der Waals surface area contributed by atoms with E-state index in [1.54, 1.807) is 6.07 Å². The molecule has 2 aromatic rings. The summed E-state index contributed by atoms with van der Waals surface area (Å²) in [5, 5.41) is 2.97. The third-order valence-corrected chi connectivity index (χ3v) is 4.08. The highest BCUT2D eigenvalue weighted by molar-refractivity contribution is 7.14. The number of hydrogen-bond donors (Lipinski definition) is 2. The Bertz CT molecular complexity index is 652. The zero-order valence-electron chi connectivity index (χ0n) is 11.9. The minimum Gasteiger partial charge on any atom is -0.351 e. The molecule has 3 N–H and O–H groups in total. The lowest BCUT2D eigenvalue weighted by atomic mass is 10.0. The number of nitrogens with two attached hydrogens (primary N) is 1. The predicted octanol–water partition coefficient (Wildman–Crippen LogP) is 2.59. The van der Waals surface area contributed by atoms with E-state index in [2.05, 4.69) is 36.2 Å². The fourth-order valence-electron chi connectivity index (χ4n) is 1.90. The number of carbonyl (C=O) groups excluding carboxylic acids is 1. The normalized spacial score (nSPS) is 11.3. The number of carbonyl (C=O) groups is 1. The Balaban J connectivity index is 1.91. The summed E-state index contributed by atoms with van der Waals surface area (Å²) in [6.45, 7) is 3.04. The van der Waals surface area contributed by atoms with E-state index in [9.17, 15) is 4.79 Å². The smallest absolute Gasteiger partial charge is 0.261 e. The van der Waals surface area contributed by atoms with Crippen molar-refractivity contribution in [1.29, 1.82) is 0 Å². The minimum absolute atomic E-state index is 0.0522. The summed E-state index contributed by atoms with van der Waals surface area (Å²) in [6.07, 6.45) is 0. The van der Waals surface area contributed by atoms with Crippen molar-refractivity contribution in [2.45, 2.75) is 12.8 Å². The molecule has 1 amide bonds. The highest BCUT2D eigenvalue weighted by Crippen LogP contribution is 2.16. The van der Waals surface area contributed by atoms with Crippen molar-refractivity contribution >= 4 is 17.2 Å². The molecule has 1 heterocycles. The van der Waals surface area contributed by atoms with Crippen LogP contribution in [0.5, 0.6) is 0 Å². The van der Waals surface area contributed by atoms with Crippen LogP contribution in [0.4, 0.5) is 0 Å². The van der Waals surface area contributed by atoms with Gasteiger partial charge in [-0.15, -0.1) is 11.3 Å². The zero-order valence-corrected chi connectivity index (χ0v) is 12.7. The van der Waals surface area contributed by atoms with Crippen molar-refractivity contribution in [2.24, 2.45) is 5.73 Å². The van der Waals surface area contributed by atoms with Crippen LogP contribution in [0.25, 0.3) is 0 Å². The molecule has 2 rings (SSSR count). The lowest BCUT2D eigenvalue weighted by Crippen LogP contribution is -2.26. The van der Waals surface area contributed by atoms with Gasteiger partial charge in [0.25, 0.3) is 5.91 Å². The van der Waals surface area contributed by atoms with Crippen molar-refractivity contribution < 1.29 is 4.79 Å². The minimum atomic E-state index is -0.0522. The van der Waals surface area contributed by atoms with Gasteiger partial charge in [-0.3, -0.25) is 4.79 Å². The summed E-state index contributed by atoms with van der Waals surface area (Å²) < 4.78 is 0. The van der Waals surface area contributed by atoms with Crippen molar-refractivity contribution in [3.05, 3.63) is 57.8 Å². The maximum atomic E-state index is 12.1. The van der Waals surface area contributed by atoms with Crippen LogP contribution in [0.2, 0.25) is 0 Å². The molecule has 1 aromatic heterocycles. The van der Waals surface area contributed by atoms with E-state index in [4.69, 9.17) is 5.73 Å². The molecule has 0 radical (unpaired) electrons. The molecule has 1 unspecified atom stereocenters. The van der Waals surface area contributed by atoms with Gasteiger partial charge in [-0.2, -0.15) is 0 Å². The molecule has 1 atom stereocenters. The number of rotatable bonds is 4. The van der Waals surface area contributed by atoms with Crippen LogP contribution in [0.15, 0.2) is 42.5 Å². The molecule has 3 nitrogen and oxygen atoms in total. The van der Waals surface area contributed by atoms with Gasteiger partial charge in [-0.1, -0.05) is 49.1 Å². The number of nitrogens with one attached hydrogen (secondary N) is 1. The molecule has 0 spiro atoms. The Hall–Kier alpha value is -2.09. The highest BCUT2D eigenvalue weighted by Gasteiger charge is 2.11. The van der Waals surface area contributed by atoms with Crippen molar-refractivity contribution in [1.82, 2.24) is 5.32 Å². The maximum Gasteiger partial charge on any atom is 0.261 e. The van der Waals surface area contributed by atoms with Crippen LogP contribution in [0.3, 0.4) is 0 Å². The molecule has 1 aromatic carbocycles. The van der Waals surface area contributed by atoms with Crippen LogP contribution < -0.4 is 11.1 Å². The second kappa shape index (κ2) is 7.63. The number of thiophene rings is 1. The summed E-state index contributed by atoms with van der Waals surface area (Å²) >= 11 is 1.39. The van der Waals surface area contributed by atoms with Gasteiger partial charge in [0, 0.05) is 6.54 Å². The monoisotopic (exact) mass is 298 g/mol. The van der Waals surface area contributed by atoms with Gasteiger partial charge in [0.15, 0.2) is 0 Å². The van der Waals surface area contributed by atoms with Gasteiger partial charge < -0.3 is 11.1 Å². The zero-order chi connectivity index (χ0) is 15.1. The third-order valence-electron chi connectivity index (χ3n) is 3.08. The Morgan fingerprint density at radius 1 is 1.29 bits per heavy atom. The topological polar surface area (TPSA) is 55.1 Å². The summed E-state index contributed by atoms with van der Waals surface area (Å²) in [5.41, 5.74) is 6.55. The molecule has 0 fully saturated rings. The first-order valence-electron chi connectivity index (χ1n) is 6.82. The van der Waals surface area contributed by atoms with E-state index in [-0.39, 0.29) is 11.8 Å². The summed E-state index contributed by atoms with van der Waals surface area (Å²) in [7, 11) is 0. The Kier molecular flexibility index (Phi) is 5.56. The number of amides is 1. The van der Waals surface area contributed by atoms with E-state index in [0.717, 1.165) is 4.88 Å². The first-order valence-corrected chi connectivity index (χ1v) is 7.64. The molecule has 0 aliphatic heterocycles. The van der Waals surface area contributed by atoms with Gasteiger partial charge in [-0.05, 0) is 23.6 Å². The fraction of sp³-hybridized carbons (Fsp3) is 0.235. The molecule has 4 heteroatoms. The lowest BCUT2D eigenvalue weighted by molar-refractivity contribution is 0.0955. The number of benzene rings is 1. The quantitative estimate of drug-likeness (QED) is 0.853. The molecule has 0 bridgehead atoms. The second-order valence-corrected chi connectivity index (χ2v) is 5.78. The Morgan fingerprint density at radius 3 is 2.76 bits per heavy atom. The highest BCUT2D eigenvalue weighted by atomic mass is 32.1. The van der Waals surface area contributed by atoms with Gasteiger partial charge in [0.05, 0.1) is 16.3 Å². The summed E-state index contributed by atoms with van der Waals surface area (Å²) in [5.74, 6) is 5.95. The van der Waals surface area contributed by atoms with Crippen molar-refractivity contribution in [3.8, 4) is 11.8 Å². The van der Waals surface area contributed by atoms with Crippen LogP contribution >= 0.6 is 11.3 Å². The fourth-order valence-corrected chi connectivity index (χ4v) is 2.69. The second-order valence-electron chi connectivity index (χ2n) is 4.69. The van der Waals surface area contributed by atoms with E-state index >= 15 is 0 Å². The van der Waals surface area contributed by atoms with E-state index in [1.165, 1.54) is 16.9 Å². The molecule has 0 aliphatic rings. The van der Waals surface area contributed by atoms with E-state index < -0.39 is 0 Å². The van der Waals surface area contributed by atoms with Crippen LogP contribution in [-0.4, -0.2) is 19.0 Å². The summed E-state index contributed by atoms with van der Waals surface area (Å²) in [6, 6.07) is 13.8. The molecule has 0 aliphatic carbocycles. The van der Waals surface area contributed by atoms with Gasteiger partial charge in [-0.25, -0.2) is 0 Å². The molecule has 21 heavy (non-hydrogen) atoms. The van der Waals surface area contributed by atoms with Gasteiger partial charge in [0.1, 0.15) is 0 Å². The first kappa shape index (κ1) is 15.3. The van der Waals surface area contributed by atoms with Crippen LogP contribution in [0, 0.1) is 11.8 Å². The average molecular weight is 298 g/mol. The maximum absolute atomic E-state index is 12.1. The molecule has 0 saturated carbocycles. The predicted molar refractivity (Wildman–Crippen MR) is 87.4 cm³/mol. The van der Waals surface area contributed by atoms with E-state index in [0.29, 0.717) is 18.0 Å². The van der Waals surface area contributed by atoms with Crippen molar-refractivity contribution in [3.63, 3.8) is 0 Å². The number of hydrogen-bond acceptors (Lipinski definition) is 3. The van der Waals surface area contributed by atoms with Gasteiger partial charge >= 0.3 is 0 Å². The molecular formula is C17H18N2OS. The van der Waals surface area contributed by atoms with E-state index in [1.807, 2.05) is 24.3 Å². The van der Waals surface area contributed by atoms with Crippen molar-refractivity contribution in [2.75, 3.05) is 13.1 Å². The Morgan fingerprint density at radius 2 is 2.05 bits per heavy atom. The molecule has 0 saturated heterocycles. The van der Waals surface area contributed by atoms with Gasteiger partial charge in [0.2, 0.25) is 0 Å². The first-order chi connectivity index (χ1) is 10.2. The molecular weight excluding hydrogens is 280 g/mol. The molecule has 108 valence electrons. The summed E-state index contributed by atoms with van der Waals surface area (Å²) in [4.78, 5) is 13.6. The average Bonchev–Trinajstić information content (AvgIpc) is 3.00. The van der Waals surface area contributed by atoms with Crippen LogP contribution in [-0.2, 0) is 0 Å². The standard InChI is InChI=1S/C17H18N2OS/c1-13(14-6-3-2-4-7-14)12-19-17(20)16-10-9-15(21-16)8-5-11-18/h2-4,6-7,9-10,13H,11-12,18H2,1H3,(H,19,20). The Labute approximate surface area is 129 Å². The largest absolute Gasteiger partial charge is 0.351 e. The lowest BCUT2D eigenvalue weighted by Gasteiger charge is -2.12. The SMILES string of the molecule is CC(CNC(=O)c1ccc(C#CCN)s1)c1ccccc1. The third kappa shape index (κ3) is 4.45.